The van der Waals surface area contributed by atoms with E-state index in [4.69, 9.17) is 8.39 Å². The Balaban J connectivity index is 1.30. The highest BCUT2D eigenvalue weighted by atomic mass is 31.1. The fourth-order valence-corrected chi connectivity index (χ4v) is 7.71. The number of carbonyl (C=O) groups is 1. The maximum atomic E-state index is 14.3. The zero-order valence-electron chi connectivity index (χ0n) is 23.4. The maximum absolute atomic E-state index is 14.3. The average Bonchev–Trinajstić information content (AvgIpc) is 3.44. The Morgan fingerprint density at radius 3 is 1.51 bits per heavy atom. The number of likely N-dealkylation sites (tertiary alicyclic amines) is 1. The van der Waals surface area contributed by atoms with Crippen molar-refractivity contribution in [2.45, 2.75) is 24.9 Å². The van der Waals surface area contributed by atoms with Gasteiger partial charge in [-0.3, -0.25) is 0 Å². The van der Waals surface area contributed by atoms with Crippen molar-refractivity contribution in [2.24, 2.45) is 0 Å². The molecular weight excluding hydrogens is 551 g/mol. The Morgan fingerprint density at radius 2 is 1.02 bits per heavy atom. The van der Waals surface area contributed by atoms with Crippen LogP contribution in [0.4, 0.5) is 4.79 Å². The van der Waals surface area contributed by atoms with Gasteiger partial charge in [0, 0.05) is 10.8 Å². The first-order valence-corrected chi connectivity index (χ1v) is 15.8. The van der Waals surface area contributed by atoms with Crippen LogP contribution in [0.5, 0.6) is 0 Å². The number of urea groups is 1. The Morgan fingerprint density at radius 1 is 0.581 bits per heavy atom. The molecule has 1 saturated heterocycles. The molecule has 7 aromatic rings. The number of nitrogens with one attached hydrogen (secondary N) is 1. The molecule has 43 heavy (non-hydrogen) atoms. The summed E-state index contributed by atoms with van der Waals surface area (Å²) < 4.78 is 13.2. The molecule has 1 aliphatic heterocycles. The second-order valence-corrected chi connectivity index (χ2v) is 12.1. The molecule has 5 nitrogen and oxygen atoms in total. The van der Waals surface area contributed by atoms with E-state index in [2.05, 4.69) is 65.8 Å². The summed E-state index contributed by atoms with van der Waals surface area (Å²) in [7, 11) is -1.85. The second kappa shape index (κ2) is 10.7. The van der Waals surface area contributed by atoms with Gasteiger partial charge in [0.15, 0.2) is 0 Å². The predicted molar refractivity (Wildman–Crippen MR) is 176 cm³/mol. The molecule has 2 heterocycles. The molecule has 2 atom stereocenters. The van der Waals surface area contributed by atoms with Crippen molar-refractivity contribution in [1.29, 1.82) is 0 Å². The Labute approximate surface area is 250 Å². The van der Waals surface area contributed by atoms with E-state index in [-0.39, 0.29) is 18.1 Å². The van der Waals surface area contributed by atoms with Gasteiger partial charge in [0.05, 0.1) is 12.1 Å². The van der Waals surface area contributed by atoms with E-state index in [1.807, 2.05) is 77.7 Å². The molecule has 1 aliphatic rings. The molecule has 0 spiro atoms. The Kier molecular flexibility index (Phi) is 6.39. The fourth-order valence-electron chi connectivity index (χ4n) is 6.65. The zero-order chi connectivity index (χ0) is 28.8. The summed E-state index contributed by atoms with van der Waals surface area (Å²) >= 11 is 0. The van der Waals surface area contributed by atoms with Crippen molar-refractivity contribution in [2.75, 3.05) is 5.09 Å². The summed E-state index contributed by atoms with van der Waals surface area (Å²) in [6.45, 7) is 0. The number of nitrogens with zero attached hydrogens (tertiary/aromatic N) is 1. The van der Waals surface area contributed by atoms with Crippen LogP contribution in [0.25, 0.3) is 43.5 Å². The molecule has 210 valence electrons. The molecule has 1 fully saturated rings. The van der Waals surface area contributed by atoms with Gasteiger partial charge < -0.3 is 13.3 Å². The fraction of sp³-hybridized carbons (Fsp3) is 0.108. The lowest BCUT2D eigenvalue weighted by Gasteiger charge is -2.30. The predicted octanol–water partition coefficient (Wildman–Crippen LogP) is 10.8. The molecule has 1 N–H and O–H groups in total. The van der Waals surface area contributed by atoms with Crippen LogP contribution in [0, 0.1) is 0 Å². The van der Waals surface area contributed by atoms with Crippen molar-refractivity contribution in [3.8, 4) is 0 Å². The quantitative estimate of drug-likeness (QED) is 0.226. The SMILES string of the molecule is O=C(Np1oc2ccc3ccccc3c2c2c(ccc3ccccc32)o1)N1[C@H](c2ccccc2)CC[C@H]1c1ccccc1. The van der Waals surface area contributed by atoms with Gasteiger partial charge in [-0.15, -0.1) is 0 Å². The van der Waals surface area contributed by atoms with Crippen molar-refractivity contribution < 1.29 is 13.2 Å². The van der Waals surface area contributed by atoms with E-state index >= 15 is 0 Å². The molecule has 6 aromatic carbocycles. The van der Waals surface area contributed by atoms with Crippen LogP contribution in [-0.2, 0) is 0 Å². The minimum Gasteiger partial charge on any atom is -0.404 e. The van der Waals surface area contributed by atoms with Crippen molar-refractivity contribution in [3.05, 3.63) is 145 Å². The van der Waals surface area contributed by atoms with Gasteiger partial charge in [-0.25, -0.2) is 9.88 Å². The highest BCUT2D eigenvalue weighted by Crippen LogP contribution is 2.46. The van der Waals surface area contributed by atoms with Gasteiger partial charge in [0.25, 0.3) is 0 Å². The third-order valence-electron chi connectivity index (χ3n) is 8.57. The van der Waals surface area contributed by atoms with E-state index in [1.165, 1.54) is 0 Å². The lowest BCUT2D eigenvalue weighted by Crippen LogP contribution is -2.35. The molecule has 0 aliphatic carbocycles. The Hall–Kier alpha value is -4.99. The highest BCUT2D eigenvalue weighted by molar-refractivity contribution is 7.40. The van der Waals surface area contributed by atoms with Gasteiger partial charge in [-0.2, -0.15) is 0 Å². The van der Waals surface area contributed by atoms with Gasteiger partial charge in [-0.1, -0.05) is 121 Å². The minimum atomic E-state index is -1.85. The zero-order valence-corrected chi connectivity index (χ0v) is 24.3. The summed E-state index contributed by atoms with van der Waals surface area (Å²) in [6, 6.07) is 45.0. The van der Waals surface area contributed by atoms with Crippen molar-refractivity contribution >= 4 is 57.7 Å². The van der Waals surface area contributed by atoms with Gasteiger partial charge >= 0.3 is 14.2 Å². The number of hydrogen-bond donors (Lipinski definition) is 1. The monoisotopic (exact) mass is 580 g/mol. The molecule has 1 aromatic heterocycles. The van der Waals surface area contributed by atoms with Crippen molar-refractivity contribution in [3.63, 3.8) is 0 Å². The van der Waals surface area contributed by atoms with Crippen LogP contribution >= 0.6 is 8.16 Å². The molecule has 0 radical (unpaired) electrons. The average molecular weight is 581 g/mol. The first-order valence-electron chi connectivity index (χ1n) is 14.6. The largest absolute Gasteiger partial charge is 0.404 e. The molecular formula is C37H29N2O3P. The summed E-state index contributed by atoms with van der Waals surface area (Å²) in [5.74, 6) is 0. The number of carbonyl (C=O) groups excluding carboxylic acids is 1. The number of fused-ring (bicyclic) bond motifs is 7. The van der Waals surface area contributed by atoms with Crippen LogP contribution in [0.3, 0.4) is 0 Å². The van der Waals surface area contributed by atoms with E-state index in [1.54, 1.807) is 0 Å². The van der Waals surface area contributed by atoms with E-state index in [0.29, 0.717) is 11.2 Å². The molecule has 0 saturated carbocycles. The van der Waals surface area contributed by atoms with E-state index in [9.17, 15) is 4.79 Å². The number of hydrogen-bond acceptors (Lipinski definition) is 3. The summed E-state index contributed by atoms with van der Waals surface area (Å²) in [5, 5.41) is 9.55. The van der Waals surface area contributed by atoms with Crippen LogP contribution in [-0.4, -0.2) is 10.9 Å². The third kappa shape index (κ3) is 4.54. The third-order valence-corrected chi connectivity index (χ3v) is 9.67. The summed E-state index contributed by atoms with van der Waals surface area (Å²) in [6.07, 6.45) is 1.75. The Bertz CT molecular complexity index is 2020. The number of benzene rings is 6. The van der Waals surface area contributed by atoms with Crippen LogP contribution in [0.15, 0.2) is 142 Å². The minimum absolute atomic E-state index is 0.0548. The maximum Gasteiger partial charge on any atom is 0.342 e. The highest BCUT2D eigenvalue weighted by Gasteiger charge is 2.39. The topological polar surface area (TPSA) is 58.6 Å². The first-order chi connectivity index (χ1) is 21.2. The standard InChI is InChI=1S/C37H29N2O3P/c40-37(39-31(27-13-3-1-4-14-27)21-22-32(39)28-15-5-2-6-16-28)38-43-41-33-23-19-25-11-7-9-17-29(25)35(33)36-30-18-10-8-12-26(30)20-24-34(36)42-43/h1-20,23-24,31-32H,21-22H2,(H,38,40)/t31-,32-/m0/s1. The second-order valence-electron chi connectivity index (χ2n) is 11.0. The molecule has 0 bridgehead atoms. The van der Waals surface area contributed by atoms with Gasteiger partial charge in [-0.05, 0) is 57.6 Å². The van der Waals surface area contributed by atoms with Crippen LogP contribution < -0.4 is 5.09 Å². The van der Waals surface area contributed by atoms with Crippen molar-refractivity contribution in [1.82, 2.24) is 4.90 Å². The normalized spacial score (nSPS) is 16.7. The van der Waals surface area contributed by atoms with Crippen LogP contribution in [0.2, 0.25) is 0 Å². The first kappa shape index (κ1) is 25.7. The van der Waals surface area contributed by atoms with E-state index in [0.717, 1.165) is 56.3 Å². The van der Waals surface area contributed by atoms with Crippen LogP contribution in [0.1, 0.15) is 36.1 Å². The number of amides is 2. The summed E-state index contributed by atoms with van der Waals surface area (Å²) in [4.78, 5) is 16.3. The molecule has 2 amide bonds. The van der Waals surface area contributed by atoms with Gasteiger partial charge in [0.2, 0.25) is 0 Å². The summed E-state index contributed by atoms with van der Waals surface area (Å²) in [5.41, 5.74) is 3.64. The molecule has 0 unspecified atom stereocenters. The molecule has 6 heteroatoms. The smallest absolute Gasteiger partial charge is 0.342 e. The lowest BCUT2D eigenvalue weighted by atomic mass is 9.99. The lowest BCUT2D eigenvalue weighted by molar-refractivity contribution is 0.187. The number of rotatable bonds is 3. The van der Waals surface area contributed by atoms with Gasteiger partial charge in [0.1, 0.15) is 11.2 Å². The van der Waals surface area contributed by atoms with E-state index < -0.39 is 8.16 Å². The molecule has 8 rings (SSSR count).